The van der Waals surface area contributed by atoms with E-state index in [9.17, 15) is 14.4 Å². The molecule has 1 aromatic carbocycles. The zero-order chi connectivity index (χ0) is 19.9. The Hall–Kier alpha value is -2.55. The summed E-state index contributed by atoms with van der Waals surface area (Å²) in [6.45, 7) is 6.36. The summed E-state index contributed by atoms with van der Waals surface area (Å²) in [5.74, 6) is -1.00. The molecule has 3 amide bonds. The van der Waals surface area contributed by atoms with E-state index in [0.29, 0.717) is 24.1 Å². The van der Waals surface area contributed by atoms with E-state index >= 15 is 0 Å². The molecule has 144 valence electrons. The van der Waals surface area contributed by atoms with Gasteiger partial charge in [0.1, 0.15) is 11.3 Å². The van der Waals surface area contributed by atoms with Gasteiger partial charge in [0, 0.05) is 28.5 Å². The number of amides is 3. The van der Waals surface area contributed by atoms with Crippen LogP contribution in [0.1, 0.15) is 37.7 Å². The molecule has 0 spiro atoms. The second-order valence-electron chi connectivity index (χ2n) is 7.27. The third-order valence-electron chi connectivity index (χ3n) is 4.21. The number of halogens is 1. The lowest BCUT2D eigenvalue weighted by molar-refractivity contribution is 0.0976. The van der Waals surface area contributed by atoms with E-state index in [2.05, 4.69) is 15.9 Å². The molecule has 0 bridgehead atoms. The number of carbonyl (C=O) groups excluding carboxylic acids is 3. The molecule has 2 aromatic rings. The van der Waals surface area contributed by atoms with E-state index in [4.69, 9.17) is 14.9 Å². The zero-order valence-electron chi connectivity index (χ0n) is 15.2. The molecular weight excluding hydrogens is 418 g/mol. The van der Waals surface area contributed by atoms with Crippen LogP contribution < -0.4 is 10.6 Å². The smallest absolute Gasteiger partial charge is 0.423 e. The second kappa shape index (κ2) is 6.88. The molecule has 3 rings (SSSR count). The van der Waals surface area contributed by atoms with Crippen molar-refractivity contribution in [3.8, 4) is 0 Å². The highest BCUT2D eigenvalue weighted by atomic mass is 79.9. The van der Waals surface area contributed by atoms with Crippen LogP contribution in [-0.4, -0.2) is 41.6 Å². The Bertz CT molecular complexity index is 927. The number of hydrogen-bond acceptors (Lipinski definition) is 5. The van der Waals surface area contributed by atoms with E-state index in [-0.39, 0.29) is 11.4 Å². The van der Waals surface area contributed by atoms with E-state index in [1.54, 1.807) is 39.0 Å². The molecule has 1 saturated heterocycles. The van der Waals surface area contributed by atoms with Crippen molar-refractivity contribution in [2.24, 2.45) is 5.73 Å². The Morgan fingerprint density at radius 3 is 2.44 bits per heavy atom. The molecule has 1 fully saturated rings. The first-order valence-electron chi connectivity index (χ1n) is 8.42. The fraction of sp³-hybridized carbons (Fsp3) is 0.389. The topological polar surface area (TPSA) is 106 Å². The summed E-state index contributed by atoms with van der Waals surface area (Å²) in [6.07, 6.45) is -0.738. The quantitative estimate of drug-likeness (QED) is 0.717. The van der Waals surface area contributed by atoms with Crippen molar-refractivity contribution in [1.82, 2.24) is 4.90 Å². The maximum absolute atomic E-state index is 12.9. The van der Waals surface area contributed by atoms with Crippen molar-refractivity contribution in [2.45, 2.75) is 32.7 Å². The van der Waals surface area contributed by atoms with Gasteiger partial charge in [-0.25, -0.2) is 9.59 Å². The maximum atomic E-state index is 12.9. The number of likely N-dealkylation sites (tertiary alicyclic amines) is 1. The van der Waals surface area contributed by atoms with Crippen LogP contribution in [0.4, 0.5) is 15.3 Å². The van der Waals surface area contributed by atoms with Crippen molar-refractivity contribution < 1.29 is 23.5 Å². The first-order valence-corrected chi connectivity index (χ1v) is 9.21. The van der Waals surface area contributed by atoms with Gasteiger partial charge in [-0.15, -0.1) is 0 Å². The monoisotopic (exact) mass is 437 g/mol. The van der Waals surface area contributed by atoms with Crippen molar-refractivity contribution in [1.29, 1.82) is 0 Å². The standard InChI is InChI=1S/C18H20BrN3O5/c1-18(2,3)22(17(25)27-16(24)21-7-4-8-21)13-11-9-10(19)5-6-12(11)26-14(13)15(20)23/h5-6,9H,4,7-8H2,1-3H3,(H2,20,23). The molecule has 27 heavy (non-hydrogen) atoms. The highest BCUT2D eigenvalue weighted by molar-refractivity contribution is 9.10. The van der Waals surface area contributed by atoms with Crippen LogP contribution in [0.2, 0.25) is 0 Å². The van der Waals surface area contributed by atoms with E-state index in [1.807, 2.05) is 0 Å². The predicted molar refractivity (Wildman–Crippen MR) is 103 cm³/mol. The fourth-order valence-corrected chi connectivity index (χ4v) is 3.19. The molecule has 2 N–H and O–H groups in total. The molecular formula is C18H20BrN3O5. The molecule has 0 radical (unpaired) electrons. The molecule has 2 heterocycles. The van der Waals surface area contributed by atoms with Crippen LogP contribution in [0.25, 0.3) is 11.0 Å². The van der Waals surface area contributed by atoms with Crippen molar-refractivity contribution >= 4 is 50.7 Å². The third-order valence-corrected chi connectivity index (χ3v) is 4.71. The summed E-state index contributed by atoms with van der Waals surface area (Å²) in [4.78, 5) is 39.6. The van der Waals surface area contributed by atoms with Gasteiger partial charge in [-0.05, 0) is 45.4 Å². The van der Waals surface area contributed by atoms with Crippen molar-refractivity contribution in [3.05, 3.63) is 28.4 Å². The van der Waals surface area contributed by atoms with Crippen LogP contribution in [0.3, 0.4) is 0 Å². The lowest BCUT2D eigenvalue weighted by Crippen LogP contribution is -2.50. The normalized spacial score (nSPS) is 14.0. The van der Waals surface area contributed by atoms with Gasteiger partial charge in [0.2, 0.25) is 5.76 Å². The van der Waals surface area contributed by atoms with Crippen LogP contribution in [0.5, 0.6) is 0 Å². The predicted octanol–water partition coefficient (Wildman–Crippen LogP) is 3.86. The fourth-order valence-electron chi connectivity index (χ4n) is 2.83. The Labute approximate surface area is 164 Å². The highest BCUT2D eigenvalue weighted by Gasteiger charge is 2.38. The Morgan fingerprint density at radius 2 is 1.93 bits per heavy atom. The Morgan fingerprint density at radius 1 is 1.26 bits per heavy atom. The van der Waals surface area contributed by atoms with Crippen LogP contribution in [-0.2, 0) is 4.74 Å². The molecule has 1 aliphatic rings. The average Bonchev–Trinajstić information content (AvgIpc) is 2.82. The number of rotatable bonds is 2. The number of benzene rings is 1. The van der Waals surface area contributed by atoms with Crippen LogP contribution in [0, 0.1) is 0 Å². The number of nitrogens with zero attached hydrogens (tertiary/aromatic N) is 2. The number of hydrogen-bond donors (Lipinski definition) is 1. The van der Waals surface area contributed by atoms with Crippen molar-refractivity contribution in [2.75, 3.05) is 18.0 Å². The van der Waals surface area contributed by atoms with Crippen molar-refractivity contribution in [3.63, 3.8) is 0 Å². The molecule has 0 unspecified atom stereocenters. The molecule has 0 saturated carbocycles. The first-order chi connectivity index (χ1) is 12.6. The van der Waals surface area contributed by atoms with E-state index in [0.717, 1.165) is 10.9 Å². The van der Waals surface area contributed by atoms with Gasteiger partial charge in [0.05, 0.1) is 0 Å². The molecule has 0 aliphatic carbocycles. The minimum absolute atomic E-state index is 0.174. The minimum Gasteiger partial charge on any atom is -0.449 e. The lowest BCUT2D eigenvalue weighted by Gasteiger charge is -2.35. The van der Waals surface area contributed by atoms with E-state index < -0.39 is 23.6 Å². The van der Waals surface area contributed by atoms with Gasteiger partial charge in [-0.3, -0.25) is 9.69 Å². The first kappa shape index (κ1) is 19.2. The largest absolute Gasteiger partial charge is 0.449 e. The SMILES string of the molecule is CC(C)(C)N(C(=O)OC(=O)N1CCC1)c1c(C(N)=O)oc2ccc(Br)cc12. The van der Waals surface area contributed by atoms with Gasteiger partial charge in [0.15, 0.2) is 0 Å². The molecule has 1 aliphatic heterocycles. The average molecular weight is 438 g/mol. The zero-order valence-corrected chi connectivity index (χ0v) is 16.8. The summed E-state index contributed by atoms with van der Waals surface area (Å²) in [7, 11) is 0. The molecule has 0 atom stereocenters. The van der Waals surface area contributed by atoms with E-state index in [1.165, 1.54) is 9.80 Å². The second-order valence-corrected chi connectivity index (χ2v) is 8.18. The van der Waals surface area contributed by atoms with Gasteiger partial charge in [-0.2, -0.15) is 0 Å². The van der Waals surface area contributed by atoms with Gasteiger partial charge in [0.25, 0.3) is 5.91 Å². The molecule has 1 aromatic heterocycles. The number of fused-ring (bicyclic) bond motifs is 1. The number of primary amides is 1. The summed E-state index contributed by atoms with van der Waals surface area (Å²) < 4.78 is 11.4. The number of ether oxygens (including phenoxy) is 1. The maximum Gasteiger partial charge on any atom is 0.423 e. The Kier molecular flexibility index (Phi) is 4.90. The van der Waals surface area contributed by atoms with Crippen LogP contribution >= 0.6 is 15.9 Å². The summed E-state index contributed by atoms with van der Waals surface area (Å²) in [5.41, 5.74) is 5.22. The third kappa shape index (κ3) is 3.64. The lowest BCUT2D eigenvalue weighted by atomic mass is 10.0. The summed E-state index contributed by atoms with van der Waals surface area (Å²) >= 11 is 3.37. The molecule has 9 heteroatoms. The summed E-state index contributed by atoms with van der Waals surface area (Å²) in [5, 5.41) is 0.501. The number of carbonyl (C=O) groups is 3. The van der Waals surface area contributed by atoms with Gasteiger partial charge in [-0.1, -0.05) is 15.9 Å². The number of nitrogens with two attached hydrogens (primary N) is 1. The Balaban J connectivity index is 2.11. The van der Waals surface area contributed by atoms with Crippen LogP contribution in [0.15, 0.2) is 27.1 Å². The van der Waals surface area contributed by atoms with Gasteiger partial charge >= 0.3 is 12.2 Å². The summed E-state index contributed by atoms with van der Waals surface area (Å²) in [6, 6.07) is 5.12. The van der Waals surface area contributed by atoms with Gasteiger partial charge < -0.3 is 19.8 Å². The molecule has 8 nitrogen and oxygen atoms in total. The minimum atomic E-state index is -0.899. The highest BCUT2D eigenvalue weighted by Crippen LogP contribution is 2.39. The number of furan rings is 1. The number of anilines is 1.